The summed E-state index contributed by atoms with van der Waals surface area (Å²) in [4.78, 5) is 13.3. The van der Waals surface area contributed by atoms with Gasteiger partial charge in [0.2, 0.25) is 0 Å². The standard InChI is InChI=1S/C15H19NO2/c17-15(18)12-6-7-16(10-12)14-8-13(9-14)11-4-2-1-3-5-11/h1-5,12-14H,6-10H2,(H,17,18). The summed E-state index contributed by atoms with van der Waals surface area (Å²) in [6.07, 6.45) is 3.20. The summed E-state index contributed by atoms with van der Waals surface area (Å²) >= 11 is 0. The van der Waals surface area contributed by atoms with Crippen LogP contribution in [0.15, 0.2) is 30.3 Å². The van der Waals surface area contributed by atoms with Gasteiger partial charge in [0.15, 0.2) is 0 Å². The number of likely N-dealkylation sites (tertiary alicyclic amines) is 1. The Morgan fingerprint density at radius 2 is 1.94 bits per heavy atom. The third kappa shape index (κ3) is 2.15. The Morgan fingerprint density at radius 1 is 1.22 bits per heavy atom. The van der Waals surface area contributed by atoms with Gasteiger partial charge < -0.3 is 5.11 Å². The second kappa shape index (κ2) is 4.73. The fourth-order valence-electron chi connectivity index (χ4n) is 3.20. The SMILES string of the molecule is O=C(O)C1CCN(C2CC(c3ccccc3)C2)C1. The minimum atomic E-state index is -0.628. The molecule has 1 heterocycles. The van der Waals surface area contributed by atoms with E-state index in [0.29, 0.717) is 12.0 Å². The molecule has 3 nitrogen and oxygen atoms in total. The van der Waals surface area contributed by atoms with Crippen LogP contribution in [-0.2, 0) is 4.79 Å². The molecule has 0 bridgehead atoms. The van der Waals surface area contributed by atoms with E-state index in [1.807, 2.05) is 0 Å². The van der Waals surface area contributed by atoms with Crippen molar-refractivity contribution in [3.05, 3.63) is 35.9 Å². The van der Waals surface area contributed by atoms with Gasteiger partial charge in [0, 0.05) is 12.6 Å². The molecule has 1 aliphatic carbocycles. The fourth-order valence-corrected chi connectivity index (χ4v) is 3.20. The highest BCUT2D eigenvalue weighted by Crippen LogP contribution is 2.41. The van der Waals surface area contributed by atoms with E-state index >= 15 is 0 Å². The summed E-state index contributed by atoms with van der Waals surface area (Å²) in [6.45, 7) is 1.71. The molecule has 1 saturated heterocycles. The lowest BCUT2D eigenvalue weighted by Gasteiger charge is -2.41. The van der Waals surface area contributed by atoms with E-state index < -0.39 is 5.97 Å². The summed E-state index contributed by atoms with van der Waals surface area (Å²) in [6, 6.07) is 11.3. The van der Waals surface area contributed by atoms with Gasteiger partial charge in [-0.15, -0.1) is 0 Å². The van der Waals surface area contributed by atoms with Gasteiger partial charge in [-0.3, -0.25) is 9.69 Å². The molecule has 1 aromatic carbocycles. The molecule has 0 amide bonds. The lowest BCUT2D eigenvalue weighted by atomic mass is 9.75. The molecule has 3 heteroatoms. The topological polar surface area (TPSA) is 40.5 Å². The first-order valence-electron chi connectivity index (χ1n) is 6.76. The number of benzene rings is 1. The molecule has 0 spiro atoms. The molecule has 0 radical (unpaired) electrons. The minimum Gasteiger partial charge on any atom is -0.481 e. The Kier molecular flexibility index (Phi) is 3.08. The summed E-state index contributed by atoms with van der Waals surface area (Å²) in [5.41, 5.74) is 1.43. The predicted molar refractivity (Wildman–Crippen MR) is 69.5 cm³/mol. The lowest BCUT2D eigenvalue weighted by molar-refractivity contribution is -0.141. The number of rotatable bonds is 3. The molecule has 96 valence electrons. The molecule has 1 atom stereocenters. The lowest BCUT2D eigenvalue weighted by Crippen LogP contribution is -2.42. The molecular weight excluding hydrogens is 226 g/mol. The van der Waals surface area contributed by atoms with Gasteiger partial charge >= 0.3 is 5.97 Å². The van der Waals surface area contributed by atoms with Crippen LogP contribution < -0.4 is 0 Å². The number of carboxylic acids is 1. The summed E-state index contributed by atoms with van der Waals surface area (Å²) in [5, 5.41) is 9.01. The second-order valence-corrected chi connectivity index (χ2v) is 5.55. The van der Waals surface area contributed by atoms with E-state index in [2.05, 4.69) is 35.2 Å². The van der Waals surface area contributed by atoms with Crippen molar-refractivity contribution >= 4 is 5.97 Å². The third-order valence-electron chi connectivity index (χ3n) is 4.47. The zero-order valence-electron chi connectivity index (χ0n) is 10.5. The largest absolute Gasteiger partial charge is 0.481 e. The van der Waals surface area contributed by atoms with Crippen LogP contribution >= 0.6 is 0 Å². The van der Waals surface area contributed by atoms with Crippen molar-refractivity contribution in [1.82, 2.24) is 4.90 Å². The van der Waals surface area contributed by atoms with E-state index in [1.54, 1.807) is 0 Å². The Labute approximate surface area is 107 Å². The predicted octanol–water partition coefficient (Wildman–Crippen LogP) is 2.34. The maximum absolute atomic E-state index is 10.9. The summed E-state index contributed by atoms with van der Waals surface area (Å²) < 4.78 is 0. The van der Waals surface area contributed by atoms with E-state index in [-0.39, 0.29) is 5.92 Å². The zero-order valence-corrected chi connectivity index (χ0v) is 10.5. The summed E-state index contributed by atoms with van der Waals surface area (Å²) in [7, 11) is 0. The van der Waals surface area contributed by atoms with Crippen LogP contribution in [0.2, 0.25) is 0 Å². The molecule has 0 aromatic heterocycles. The second-order valence-electron chi connectivity index (χ2n) is 5.55. The highest BCUT2D eigenvalue weighted by molar-refractivity contribution is 5.70. The third-order valence-corrected chi connectivity index (χ3v) is 4.47. The van der Waals surface area contributed by atoms with Crippen LogP contribution in [0.4, 0.5) is 0 Å². The van der Waals surface area contributed by atoms with Crippen molar-refractivity contribution in [3.8, 4) is 0 Å². The maximum Gasteiger partial charge on any atom is 0.307 e. The van der Waals surface area contributed by atoms with Gasteiger partial charge in [-0.05, 0) is 37.3 Å². The number of nitrogens with zero attached hydrogens (tertiary/aromatic N) is 1. The molecule has 1 aromatic rings. The van der Waals surface area contributed by atoms with E-state index in [9.17, 15) is 4.79 Å². The van der Waals surface area contributed by atoms with Crippen molar-refractivity contribution in [2.75, 3.05) is 13.1 Å². The Balaban J connectivity index is 1.53. The molecule has 2 aliphatic rings. The number of carboxylic acid groups (broad SMARTS) is 1. The van der Waals surface area contributed by atoms with Gasteiger partial charge in [0.1, 0.15) is 0 Å². The van der Waals surface area contributed by atoms with Crippen molar-refractivity contribution < 1.29 is 9.90 Å². The monoisotopic (exact) mass is 245 g/mol. The first-order chi connectivity index (χ1) is 8.74. The smallest absolute Gasteiger partial charge is 0.307 e. The molecule has 1 saturated carbocycles. The molecule has 1 unspecified atom stereocenters. The van der Waals surface area contributed by atoms with Gasteiger partial charge in [-0.2, -0.15) is 0 Å². The first kappa shape index (κ1) is 11.7. The Morgan fingerprint density at radius 3 is 2.56 bits per heavy atom. The molecule has 18 heavy (non-hydrogen) atoms. The van der Waals surface area contributed by atoms with Gasteiger partial charge in [0.05, 0.1) is 5.92 Å². The fraction of sp³-hybridized carbons (Fsp3) is 0.533. The number of hydrogen-bond donors (Lipinski definition) is 1. The van der Waals surface area contributed by atoms with Crippen LogP contribution in [0.1, 0.15) is 30.7 Å². The number of carbonyl (C=O) groups is 1. The average molecular weight is 245 g/mol. The molecule has 2 fully saturated rings. The normalized spacial score (nSPS) is 32.1. The van der Waals surface area contributed by atoms with Crippen molar-refractivity contribution in [2.45, 2.75) is 31.2 Å². The molecule has 1 N–H and O–H groups in total. The first-order valence-corrected chi connectivity index (χ1v) is 6.76. The zero-order chi connectivity index (χ0) is 12.5. The van der Waals surface area contributed by atoms with E-state index in [1.165, 1.54) is 18.4 Å². The van der Waals surface area contributed by atoms with Gasteiger partial charge in [-0.25, -0.2) is 0 Å². The van der Waals surface area contributed by atoms with Gasteiger partial charge in [0.25, 0.3) is 0 Å². The summed E-state index contributed by atoms with van der Waals surface area (Å²) in [5.74, 6) is -0.0858. The molecular formula is C15H19NO2. The van der Waals surface area contributed by atoms with Crippen molar-refractivity contribution in [3.63, 3.8) is 0 Å². The average Bonchev–Trinajstić information content (AvgIpc) is 2.78. The highest BCUT2D eigenvalue weighted by atomic mass is 16.4. The van der Waals surface area contributed by atoms with Crippen molar-refractivity contribution in [2.24, 2.45) is 5.92 Å². The Hall–Kier alpha value is -1.35. The number of aliphatic carboxylic acids is 1. The maximum atomic E-state index is 10.9. The number of hydrogen-bond acceptors (Lipinski definition) is 2. The van der Waals surface area contributed by atoms with Gasteiger partial charge in [-0.1, -0.05) is 30.3 Å². The van der Waals surface area contributed by atoms with Crippen LogP contribution in [0, 0.1) is 5.92 Å². The van der Waals surface area contributed by atoms with Crippen LogP contribution in [0.5, 0.6) is 0 Å². The van der Waals surface area contributed by atoms with Crippen LogP contribution in [0.3, 0.4) is 0 Å². The van der Waals surface area contributed by atoms with E-state index in [0.717, 1.165) is 19.5 Å². The van der Waals surface area contributed by atoms with E-state index in [4.69, 9.17) is 5.11 Å². The van der Waals surface area contributed by atoms with Crippen LogP contribution in [-0.4, -0.2) is 35.1 Å². The highest BCUT2D eigenvalue weighted by Gasteiger charge is 2.39. The quantitative estimate of drug-likeness (QED) is 0.888. The Bertz CT molecular complexity index is 425. The van der Waals surface area contributed by atoms with Crippen LogP contribution in [0.25, 0.3) is 0 Å². The van der Waals surface area contributed by atoms with Crippen molar-refractivity contribution in [1.29, 1.82) is 0 Å². The minimum absolute atomic E-state index is 0.138. The molecule has 1 aliphatic heterocycles. The molecule has 3 rings (SSSR count).